The van der Waals surface area contributed by atoms with Gasteiger partial charge in [0.15, 0.2) is 0 Å². The van der Waals surface area contributed by atoms with E-state index in [9.17, 15) is 9.18 Å². The van der Waals surface area contributed by atoms with Crippen LogP contribution in [0, 0.1) is 12.7 Å². The molecule has 0 fully saturated rings. The van der Waals surface area contributed by atoms with Gasteiger partial charge in [0.25, 0.3) is 0 Å². The molecule has 0 bridgehead atoms. The van der Waals surface area contributed by atoms with Gasteiger partial charge in [-0.3, -0.25) is 9.48 Å². The zero-order valence-electron chi connectivity index (χ0n) is 17.2. The summed E-state index contributed by atoms with van der Waals surface area (Å²) in [7, 11) is 1.90. The highest BCUT2D eigenvalue weighted by Crippen LogP contribution is 2.32. The van der Waals surface area contributed by atoms with Gasteiger partial charge < -0.3 is 15.5 Å². The average molecular weight is 408 g/mol. The highest BCUT2D eigenvalue weighted by Gasteiger charge is 2.22. The lowest BCUT2D eigenvalue weighted by molar-refractivity contribution is -0.115. The normalized spacial score (nSPS) is 13.2. The summed E-state index contributed by atoms with van der Waals surface area (Å²) in [5.41, 5.74) is 4.71. The van der Waals surface area contributed by atoms with E-state index < -0.39 is 0 Å². The van der Waals surface area contributed by atoms with E-state index >= 15 is 0 Å². The third kappa shape index (κ3) is 4.59. The Kier molecular flexibility index (Phi) is 5.65. The summed E-state index contributed by atoms with van der Waals surface area (Å²) >= 11 is 0. The van der Waals surface area contributed by atoms with Crippen molar-refractivity contribution in [3.8, 4) is 0 Å². The number of anilines is 3. The number of carbonyl (C=O) groups is 1. The number of halogens is 1. The lowest BCUT2D eigenvalue weighted by Crippen LogP contribution is -2.36. The SMILES string of the molecule is Cc1nc(NCc2cnn(CCCc3ccc(F)cc3)c2)cc2c1NC(=O)CN2C. The first-order valence-electron chi connectivity index (χ1n) is 10.0. The summed E-state index contributed by atoms with van der Waals surface area (Å²) in [5, 5.41) is 10.7. The summed E-state index contributed by atoms with van der Waals surface area (Å²) in [6.45, 7) is 3.64. The smallest absolute Gasteiger partial charge is 0.243 e. The highest BCUT2D eigenvalue weighted by molar-refractivity contribution is 6.02. The topological polar surface area (TPSA) is 75.1 Å². The molecule has 1 aromatic carbocycles. The molecule has 2 N–H and O–H groups in total. The molecule has 0 atom stereocenters. The van der Waals surface area contributed by atoms with Crippen LogP contribution in [-0.2, 0) is 24.3 Å². The number of nitrogens with zero attached hydrogens (tertiary/aromatic N) is 4. The van der Waals surface area contributed by atoms with Crippen LogP contribution < -0.4 is 15.5 Å². The minimum atomic E-state index is -0.206. The van der Waals surface area contributed by atoms with E-state index in [1.54, 1.807) is 0 Å². The van der Waals surface area contributed by atoms with Crippen molar-refractivity contribution in [1.82, 2.24) is 14.8 Å². The number of fused-ring (bicyclic) bond motifs is 1. The predicted molar refractivity (Wildman–Crippen MR) is 115 cm³/mol. The van der Waals surface area contributed by atoms with Crippen molar-refractivity contribution in [3.05, 3.63) is 65.4 Å². The van der Waals surface area contributed by atoms with E-state index in [4.69, 9.17) is 0 Å². The fourth-order valence-corrected chi connectivity index (χ4v) is 3.59. The summed E-state index contributed by atoms with van der Waals surface area (Å²) in [6.07, 6.45) is 5.69. The third-order valence-electron chi connectivity index (χ3n) is 5.16. The Balaban J connectivity index is 1.32. The van der Waals surface area contributed by atoms with Gasteiger partial charge in [-0.15, -0.1) is 0 Å². The first-order valence-corrected chi connectivity index (χ1v) is 10.0. The van der Waals surface area contributed by atoms with Crippen LogP contribution in [0.4, 0.5) is 21.6 Å². The number of pyridine rings is 1. The van der Waals surface area contributed by atoms with Crippen LogP contribution in [0.5, 0.6) is 0 Å². The molecule has 7 nitrogen and oxygen atoms in total. The number of nitrogens with one attached hydrogen (secondary N) is 2. The maximum Gasteiger partial charge on any atom is 0.243 e. The highest BCUT2D eigenvalue weighted by atomic mass is 19.1. The number of hydrogen-bond donors (Lipinski definition) is 2. The lowest BCUT2D eigenvalue weighted by atomic mass is 10.1. The largest absolute Gasteiger partial charge is 0.366 e. The monoisotopic (exact) mass is 408 g/mol. The molecule has 1 aliphatic rings. The Labute approximate surface area is 174 Å². The molecule has 8 heteroatoms. The molecule has 0 unspecified atom stereocenters. The van der Waals surface area contributed by atoms with Gasteiger partial charge in [0.1, 0.15) is 11.6 Å². The lowest BCUT2D eigenvalue weighted by Gasteiger charge is -2.28. The van der Waals surface area contributed by atoms with Gasteiger partial charge in [0.05, 0.1) is 29.8 Å². The Morgan fingerprint density at radius 2 is 2.03 bits per heavy atom. The second-order valence-corrected chi connectivity index (χ2v) is 7.59. The summed E-state index contributed by atoms with van der Waals surface area (Å²) < 4.78 is 14.9. The molecule has 1 aliphatic heterocycles. The molecule has 0 radical (unpaired) electrons. The quantitative estimate of drug-likeness (QED) is 0.627. The Morgan fingerprint density at radius 3 is 2.83 bits per heavy atom. The van der Waals surface area contributed by atoms with Crippen molar-refractivity contribution in [2.75, 3.05) is 29.1 Å². The molecule has 156 valence electrons. The zero-order valence-corrected chi connectivity index (χ0v) is 17.2. The first-order chi connectivity index (χ1) is 14.5. The molecule has 3 heterocycles. The molecule has 30 heavy (non-hydrogen) atoms. The molecule has 0 aliphatic carbocycles. The van der Waals surface area contributed by atoms with Gasteiger partial charge in [0.2, 0.25) is 5.91 Å². The molecule has 2 aromatic heterocycles. The maximum atomic E-state index is 13.0. The van der Waals surface area contributed by atoms with Gasteiger partial charge in [-0.2, -0.15) is 5.10 Å². The van der Waals surface area contributed by atoms with Crippen LogP contribution in [0.1, 0.15) is 23.2 Å². The molecular formula is C22H25FN6O. The van der Waals surface area contributed by atoms with Gasteiger partial charge in [0, 0.05) is 38.0 Å². The fourth-order valence-electron chi connectivity index (χ4n) is 3.59. The molecule has 1 amide bonds. The van der Waals surface area contributed by atoms with Crippen molar-refractivity contribution >= 4 is 23.1 Å². The van der Waals surface area contributed by atoms with Crippen LogP contribution >= 0.6 is 0 Å². The summed E-state index contributed by atoms with van der Waals surface area (Å²) in [4.78, 5) is 18.2. The van der Waals surface area contributed by atoms with Crippen molar-refractivity contribution in [2.24, 2.45) is 0 Å². The summed E-state index contributed by atoms with van der Waals surface area (Å²) in [6, 6.07) is 8.59. The van der Waals surface area contributed by atoms with Crippen molar-refractivity contribution in [2.45, 2.75) is 32.9 Å². The van der Waals surface area contributed by atoms with Crippen molar-refractivity contribution in [1.29, 1.82) is 0 Å². The Bertz CT molecular complexity index is 1050. The number of aryl methyl sites for hydroxylation is 3. The van der Waals surface area contributed by atoms with E-state index in [2.05, 4.69) is 20.7 Å². The summed E-state index contributed by atoms with van der Waals surface area (Å²) in [5.74, 6) is 0.531. The average Bonchev–Trinajstić information content (AvgIpc) is 3.16. The second kappa shape index (κ2) is 8.52. The minimum absolute atomic E-state index is 0.0255. The van der Waals surface area contributed by atoms with E-state index in [-0.39, 0.29) is 11.7 Å². The fraction of sp³-hybridized carbons (Fsp3) is 0.318. The number of aromatic nitrogens is 3. The standard InChI is InChI=1S/C22H25FN6O/c1-15-22-19(28(2)14-21(30)27-22)10-20(26-15)24-11-17-12-25-29(13-17)9-3-4-16-5-7-18(23)8-6-16/h5-8,10,12-13H,3-4,9,11,14H2,1-2H3,(H,24,26)(H,27,30). The van der Waals surface area contributed by atoms with Crippen LogP contribution in [-0.4, -0.2) is 34.3 Å². The van der Waals surface area contributed by atoms with E-state index in [1.807, 2.05) is 54.1 Å². The molecule has 4 rings (SSSR count). The van der Waals surface area contributed by atoms with Crippen LogP contribution in [0.3, 0.4) is 0 Å². The van der Waals surface area contributed by atoms with Gasteiger partial charge in [-0.1, -0.05) is 12.1 Å². The van der Waals surface area contributed by atoms with Crippen molar-refractivity contribution < 1.29 is 9.18 Å². The Hall–Kier alpha value is -3.42. The number of carbonyl (C=O) groups excluding carboxylic acids is 1. The van der Waals surface area contributed by atoms with Crippen molar-refractivity contribution in [3.63, 3.8) is 0 Å². The number of amides is 1. The number of likely N-dealkylation sites (N-methyl/N-ethyl adjacent to an activating group) is 1. The third-order valence-corrected chi connectivity index (χ3v) is 5.16. The van der Waals surface area contributed by atoms with Gasteiger partial charge >= 0.3 is 0 Å². The maximum absolute atomic E-state index is 13.0. The predicted octanol–water partition coefficient (Wildman–Crippen LogP) is 3.36. The van der Waals surface area contributed by atoms with Gasteiger partial charge in [-0.25, -0.2) is 9.37 Å². The molecule has 0 saturated heterocycles. The molecule has 0 spiro atoms. The number of hydrogen-bond acceptors (Lipinski definition) is 5. The van der Waals surface area contributed by atoms with Crippen LogP contribution in [0.15, 0.2) is 42.7 Å². The Morgan fingerprint density at radius 1 is 1.23 bits per heavy atom. The molecule has 0 saturated carbocycles. The van der Waals surface area contributed by atoms with Crippen LogP contribution in [0.2, 0.25) is 0 Å². The molecule has 3 aromatic rings. The van der Waals surface area contributed by atoms with E-state index in [0.717, 1.165) is 53.4 Å². The minimum Gasteiger partial charge on any atom is -0.366 e. The molecular weight excluding hydrogens is 383 g/mol. The van der Waals surface area contributed by atoms with E-state index in [1.165, 1.54) is 12.1 Å². The van der Waals surface area contributed by atoms with Crippen LogP contribution in [0.25, 0.3) is 0 Å². The second-order valence-electron chi connectivity index (χ2n) is 7.59. The van der Waals surface area contributed by atoms with Gasteiger partial charge in [-0.05, 0) is 37.5 Å². The first kappa shape index (κ1) is 19.9. The zero-order chi connectivity index (χ0) is 21.1. The number of benzene rings is 1. The number of rotatable bonds is 7. The van der Waals surface area contributed by atoms with E-state index in [0.29, 0.717) is 13.1 Å².